The van der Waals surface area contributed by atoms with E-state index in [0.29, 0.717) is 11.8 Å². The maximum atomic E-state index is 10.2. The van der Waals surface area contributed by atoms with E-state index in [0.717, 1.165) is 29.4 Å². The zero-order valence-electron chi connectivity index (χ0n) is 16.4. The van der Waals surface area contributed by atoms with Crippen molar-refractivity contribution in [1.29, 1.82) is 0 Å². The monoisotopic (exact) mass is 394 g/mol. The van der Waals surface area contributed by atoms with Gasteiger partial charge < -0.3 is 39.8 Å². The van der Waals surface area contributed by atoms with Gasteiger partial charge in [-0.15, -0.1) is 0 Å². The van der Waals surface area contributed by atoms with Crippen LogP contribution in [0.2, 0.25) is 0 Å². The number of aliphatic hydroxyl groups excluding tert-OH is 4. The van der Waals surface area contributed by atoms with E-state index >= 15 is 0 Å². The third-order valence-electron chi connectivity index (χ3n) is 5.47. The molecule has 0 bridgehead atoms. The van der Waals surface area contributed by atoms with Crippen LogP contribution in [0.15, 0.2) is 24.4 Å². The molecule has 0 radical (unpaired) electrons. The summed E-state index contributed by atoms with van der Waals surface area (Å²) in [6.07, 6.45) is -3.72. The summed E-state index contributed by atoms with van der Waals surface area (Å²) in [7, 11) is 2.09. The number of aliphatic hydroxyl groups is 4. The summed E-state index contributed by atoms with van der Waals surface area (Å²) >= 11 is 0. The fraction of sp³-hybridized carbons (Fsp3) is 0.600. The van der Waals surface area contributed by atoms with Crippen LogP contribution < -0.4 is 4.74 Å². The molecule has 0 aliphatic carbocycles. The quantitative estimate of drug-likeness (QED) is 0.456. The second-order valence-corrected chi connectivity index (χ2v) is 7.63. The summed E-state index contributed by atoms with van der Waals surface area (Å²) in [5.74, 6) is 0.463. The number of benzene rings is 1. The second-order valence-electron chi connectivity index (χ2n) is 7.63. The first-order chi connectivity index (χ1) is 13.3. The predicted octanol–water partition coefficient (Wildman–Crippen LogP) is 0.229. The lowest BCUT2D eigenvalue weighted by atomic mass is 9.99. The molecule has 28 heavy (non-hydrogen) atoms. The number of fused-ring (bicyclic) bond motifs is 1. The van der Waals surface area contributed by atoms with E-state index in [1.807, 2.05) is 18.3 Å². The molecule has 156 valence electrons. The van der Waals surface area contributed by atoms with Crippen molar-refractivity contribution in [2.45, 2.75) is 57.0 Å². The zero-order chi connectivity index (χ0) is 20.4. The molecule has 2 heterocycles. The number of aromatic nitrogens is 1. The number of aromatic amines is 1. The number of likely N-dealkylation sites (N-methyl/N-ethyl adjacent to an activating group) is 1. The van der Waals surface area contributed by atoms with Crippen molar-refractivity contribution in [1.82, 2.24) is 9.88 Å². The highest BCUT2D eigenvalue weighted by atomic mass is 16.7. The molecule has 1 aromatic carbocycles. The summed E-state index contributed by atoms with van der Waals surface area (Å²) < 4.78 is 11.3. The van der Waals surface area contributed by atoms with Crippen molar-refractivity contribution in [3.8, 4) is 5.75 Å². The van der Waals surface area contributed by atoms with Gasteiger partial charge in [-0.2, -0.15) is 0 Å². The summed E-state index contributed by atoms with van der Waals surface area (Å²) in [6.45, 7) is 4.73. The van der Waals surface area contributed by atoms with Gasteiger partial charge in [0, 0.05) is 24.2 Å². The zero-order valence-corrected chi connectivity index (χ0v) is 16.4. The van der Waals surface area contributed by atoms with Crippen molar-refractivity contribution in [2.24, 2.45) is 0 Å². The molecule has 8 heteroatoms. The smallest absolute Gasteiger partial charge is 0.229 e. The van der Waals surface area contributed by atoms with Gasteiger partial charge in [0.15, 0.2) is 0 Å². The number of hydrogen-bond acceptors (Lipinski definition) is 7. The first-order valence-corrected chi connectivity index (χ1v) is 9.59. The Balaban J connectivity index is 1.78. The largest absolute Gasteiger partial charge is 0.460 e. The van der Waals surface area contributed by atoms with Crippen LogP contribution in [0.3, 0.4) is 0 Å². The van der Waals surface area contributed by atoms with Crippen LogP contribution in [0.1, 0.15) is 19.4 Å². The standard InChI is InChI=1S/C20H30N2O6/c1-11(2)22(3)8-7-12-9-21-16-13(12)5-4-6-14(16)27-20-19(26)18(25)17(24)15(10-23)28-20/h4-6,9,11,15,17-21,23-26H,7-8,10H2,1-3H3. The maximum absolute atomic E-state index is 10.2. The molecule has 1 fully saturated rings. The number of hydrogen-bond donors (Lipinski definition) is 5. The minimum atomic E-state index is -1.47. The van der Waals surface area contributed by atoms with Crippen molar-refractivity contribution in [3.63, 3.8) is 0 Å². The van der Waals surface area contributed by atoms with Crippen molar-refractivity contribution in [3.05, 3.63) is 30.0 Å². The van der Waals surface area contributed by atoms with E-state index in [2.05, 4.69) is 30.8 Å². The van der Waals surface area contributed by atoms with Crippen LogP contribution in [0.5, 0.6) is 5.75 Å². The lowest BCUT2D eigenvalue weighted by Crippen LogP contribution is -2.60. The van der Waals surface area contributed by atoms with Gasteiger partial charge in [-0.3, -0.25) is 0 Å². The van der Waals surface area contributed by atoms with Gasteiger partial charge >= 0.3 is 0 Å². The molecule has 0 amide bonds. The fourth-order valence-corrected chi connectivity index (χ4v) is 3.33. The number of ether oxygens (including phenoxy) is 2. The summed E-state index contributed by atoms with van der Waals surface area (Å²) in [6, 6.07) is 6.06. The first-order valence-electron chi connectivity index (χ1n) is 9.59. The molecule has 1 aliphatic heterocycles. The SMILES string of the molecule is CC(C)N(C)CCc1c[nH]c2c(OC3OC(CO)C(O)C(O)C3O)cccc12. The molecule has 0 saturated carbocycles. The lowest BCUT2D eigenvalue weighted by molar-refractivity contribution is -0.277. The number of para-hydroxylation sites is 1. The Morgan fingerprint density at radius 3 is 2.61 bits per heavy atom. The molecule has 5 N–H and O–H groups in total. The van der Waals surface area contributed by atoms with Crippen molar-refractivity contribution < 1.29 is 29.9 Å². The van der Waals surface area contributed by atoms with Crippen LogP contribution in [0.4, 0.5) is 0 Å². The molecule has 5 atom stereocenters. The van der Waals surface area contributed by atoms with Gasteiger partial charge in [0.1, 0.15) is 30.2 Å². The normalized spacial score (nSPS) is 28.4. The first kappa shape index (κ1) is 21.0. The summed E-state index contributed by atoms with van der Waals surface area (Å²) in [4.78, 5) is 5.49. The van der Waals surface area contributed by atoms with Gasteiger partial charge in [0.2, 0.25) is 6.29 Å². The van der Waals surface area contributed by atoms with Crippen LogP contribution in [-0.4, -0.2) is 87.3 Å². The second kappa shape index (κ2) is 8.77. The Hall–Kier alpha value is -1.68. The molecular formula is C20H30N2O6. The van der Waals surface area contributed by atoms with E-state index in [-0.39, 0.29) is 0 Å². The molecular weight excluding hydrogens is 364 g/mol. The summed E-state index contributed by atoms with van der Waals surface area (Å²) in [5, 5.41) is 40.4. The van der Waals surface area contributed by atoms with Crippen LogP contribution >= 0.6 is 0 Å². The van der Waals surface area contributed by atoms with Gasteiger partial charge in [0.25, 0.3) is 0 Å². The Kier molecular flexibility index (Phi) is 6.59. The highest BCUT2D eigenvalue weighted by Crippen LogP contribution is 2.31. The molecule has 8 nitrogen and oxygen atoms in total. The molecule has 1 aliphatic rings. The van der Waals surface area contributed by atoms with E-state index in [4.69, 9.17) is 9.47 Å². The molecule has 1 saturated heterocycles. The van der Waals surface area contributed by atoms with Gasteiger partial charge in [-0.05, 0) is 38.9 Å². The Morgan fingerprint density at radius 1 is 1.18 bits per heavy atom. The minimum Gasteiger partial charge on any atom is -0.460 e. The van der Waals surface area contributed by atoms with E-state index in [9.17, 15) is 20.4 Å². The van der Waals surface area contributed by atoms with E-state index in [1.54, 1.807) is 6.07 Å². The summed E-state index contributed by atoms with van der Waals surface area (Å²) in [5.41, 5.74) is 1.92. The van der Waals surface area contributed by atoms with Crippen LogP contribution in [-0.2, 0) is 11.2 Å². The van der Waals surface area contributed by atoms with Gasteiger partial charge in [-0.1, -0.05) is 12.1 Å². The molecule has 0 spiro atoms. The number of nitrogens with zero attached hydrogens (tertiary/aromatic N) is 1. The van der Waals surface area contributed by atoms with Crippen molar-refractivity contribution in [2.75, 3.05) is 20.2 Å². The molecule has 2 aromatic rings. The van der Waals surface area contributed by atoms with Crippen LogP contribution in [0.25, 0.3) is 10.9 Å². The van der Waals surface area contributed by atoms with E-state index in [1.165, 1.54) is 0 Å². The number of H-pyrrole nitrogens is 1. The van der Waals surface area contributed by atoms with Crippen molar-refractivity contribution >= 4 is 10.9 Å². The fourth-order valence-electron chi connectivity index (χ4n) is 3.33. The Labute approximate surface area is 164 Å². The maximum Gasteiger partial charge on any atom is 0.229 e. The highest BCUT2D eigenvalue weighted by molar-refractivity contribution is 5.88. The van der Waals surface area contributed by atoms with Gasteiger partial charge in [0.05, 0.1) is 12.1 Å². The average molecular weight is 394 g/mol. The Morgan fingerprint density at radius 2 is 1.93 bits per heavy atom. The third-order valence-corrected chi connectivity index (χ3v) is 5.47. The highest BCUT2D eigenvalue weighted by Gasteiger charge is 2.44. The number of nitrogens with one attached hydrogen (secondary N) is 1. The van der Waals surface area contributed by atoms with Crippen LogP contribution in [0, 0.1) is 0 Å². The Bertz CT molecular complexity index is 777. The molecule has 3 rings (SSSR count). The van der Waals surface area contributed by atoms with Gasteiger partial charge in [-0.25, -0.2) is 0 Å². The predicted molar refractivity (Wildman–Crippen MR) is 104 cm³/mol. The van der Waals surface area contributed by atoms with E-state index < -0.39 is 37.3 Å². The minimum absolute atomic E-state index is 0.463. The molecule has 1 aromatic heterocycles. The lowest BCUT2D eigenvalue weighted by Gasteiger charge is -2.39. The number of rotatable bonds is 7. The average Bonchev–Trinajstić information content (AvgIpc) is 3.10. The topological polar surface area (TPSA) is 118 Å². The molecule has 5 unspecified atom stereocenters. The third kappa shape index (κ3) is 4.17.